The third-order valence-electron chi connectivity index (χ3n) is 5.30. The lowest BCUT2D eigenvalue weighted by molar-refractivity contribution is -0.126. The van der Waals surface area contributed by atoms with Gasteiger partial charge in [-0.15, -0.1) is 0 Å². The molecular weight excluding hydrogens is 420 g/mol. The number of nitrogens with zero attached hydrogens (tertiary/aromatic N) is 2. The van der Waals surface area contributed by atoms with E-state index in [1.165, 1.54) is 10.4 Å². The van der Waals surface area contributed by atoms with Crippen LogP contribution in [0.25, 0.3) is 11.5 Å². The Hall–Kier alpha value is -3.11. The van der Waals surface area contributed by atoms with Crippen molar-refractivity contribution in [1.82, 2.24) is 19.8 Å². The van der Waals surface area contributed by atoms with Gasteiger partial charge in [0.15, 0.2) is 5.76 Å². The van der Waals surface area contributed by atoms with Gasteiger partial charge in [-0.3, -0.25) is 9.89 Å². The van der Waals surface area contributed by atoms with Gasteiger partial charge in [-0.05, 0) is 48.7 Å². The maximum atomic E-state index is 13.0. The number of rotatable bonds is 7. The smallest absolute Gasteiger partial charge is 0.276 e. The van der Waals surface area contributed by atoms with Crippen molar-refractivity contribution in [3.8, 4) is 17.2 Å². The highest BCUT2D eigenvalue weighted by Crippen LogP contribution is 2.28. The Morgan fingerprint density at radius 1 is 1.32 bits per heavy atom. The van der Waals surface area contributed by atoms with Gasteiger partial charge in [0.05, 0.1) is 13.0 Å². The molecule has 1 unspecified atom stereocenters. The van der Waals surface area contributed by atoms with Gasteiger partial charge in [0, 0.05) is 25.8 Å². The molecule has 3 heterocycles. The van der Waals surface area contributed by atoms with E-state index < -0.39 is 15.9 Å². The fraction of sp³-hybridized carbons (Fsp3) is 0.333. The highest BCUT2D eigenvalue weighted by atomic mass is 32.2. The molecule has 1 aliphatic rings. The molecule has 10 heteroatoms. The van der Waals surface area contributed by atoms with Crippen molar-refractivity contribution in [2.75, 3.05) is 20.2 Å². The summed E-state index contributed by atoms with van der Waals surface area (Å²) in [5, 5.41) is 9.34. The zero-order chi connectivity index (χ0) is 21.8. The molecule has 1 amide bonds. The van der Waals surface area contributed by atoms with Crippen LogP contribution < -0.4 is 10.1 Å². The van der Waals surface area contributed by atoms with Crippen molar-refractivity contribution in [2.24, 2.45) is 5.92 Å². The van der Waals surface area contributed by atoms with E-state index in [1.54, 1.807) is 25.4 Å². The highest BCUT2D eigenvalue weighted by Gasteiger charge is 2.35. The third kappa shape index (κ3) is 4.64. The number of ether oxygens (including phenoxy) is 1. The average Bonchev–Trinajstić information content (AvgIpc) is 3.50. The summed E-state index contributed by atoms with van der Waals surface area (Å²) in [5.74, 6) is 0.520. The van der Waals surface area contributed by atoms with Crippen LogP contribution in [0.5, 0.6) is 5.75 Å². The minimum Gasteiger partial charge on any atom is -0.497 e. The van der Waals surface area contributed by atoms with E-state index in [-0.39, 0.29) is 17.5 Å². The lowest BCUT2D eigenvalue weighted by Gasteiger charge is -2.30. The number of methoxy groups -OCH3 is 1. The van der Waals surface area contributed by atoms with E-state index in [0.29, 0.717) is 37.4 Å². The molecule has 2 N–H and O–H groups in total. The monoisotopic (exact) mass is 444 g/mol. The van der Waals surface area contributed by atoms with E-state index in [2.05, 4.69) is 15.5 Å². The normalized spacial score (nSPS) is 17.4. The van der Waals surface area contributed by atoms with Crippen molar-refractivity contribution in [1.29, 1.82) is 0 Å². The van der Waals surface area contributed by atoms with Crippen molar-refractivity contribution in [3.05, 3.63) is 54.2 Å². The first-order valence-corrected chi connectivity index (χ1v) is 11.4. The standard InChI is InChI=1S/C21H24N4O5S/c1-29-17-6-2-4-15(12-17)13-22-21(26)16-5-3-11-25(14-16)31(27,28)20-8-7-19(30-20)18-9-10-23-24-18/h2,4,6-10,12,16H,3,5,11,13-14H2,1H3,(H,22,26)(H,23,24). The molecule has 2 aromatic heterocycles. The van der Waals surface area contributed by atoms with Crippen LogP contribution in [0, 0.1) is 5.92 Å². The largest absolute Gasteiger partial charge is 0.497 e. The fourth-order valence-electron chi connectivity index (χ4n) is 3.61. The van der Waals surface area contributed by atoms with Gasteiger partial charge < -0.3 is 14.5 Å². The minimum atomic E-state index is -3.84. The molecule has 3 aromatic rings. The second kappa shape index (κ2) is 8.94. The molecule has 0 saturated carbocycles. The third-order valence-corrected chi connectivity index (χ3v) is 7.04. The summed E-state index contributed by atoms with van der Waals surface area (Å²) in [6.45, 7) is 0.819. The number of aromatic amines is 1. The number of amides is 1. The van der Waals surface area contributed by atoms with Crippen molar-refractivity contribution in [2.45, 2.75) is 24.5 Å². The molecule has 0 aliphatic carbocycles. The second-order valence-electron chi connectivity index (χ2n) is 7.36. The van der Waals surface area contributed by atoms with Gasteiger partial charge in [-0.1, -0.05) is 12.1 Å². The van der Waals surface area contributed by atoms with Crippen LogP contribution >= 0.6 is 0 Å². The number of H-pyrrole nitrogens is 1. The number of nitrogens with one attached hydrogen (secondary N) is 2. The molecular formula is C21H24N4O5S. The molecule has 1 aliphatic heterocycles. The topological polar surface area (TPSA) is 118 Å². The molecule has 164 valence electrons. The van der Waals surface area contributed by atoms with E-state index in [0.717, 1.165) is 11.3 Å². The summed E-state index contributed by atoms with van der Waals surface area (Å²) >= 11 is 0. The lowest BCUT2D eigenvalue weighted by atomic mass is 9.99. The van der Waals surface area contributed by atoms with Crippen LogP contribution in [-0.4, -0.2) is 49.0 Å². The molecule has 0 spiro atoms. The van der Waals surface area contributed by atoms with Crippen LogP contribution in [0.4, 0.5) is 0 Å². The quantitative estimate of drug-likeness (QED) is 0.578. The number of hydrogen-bond donors (Lipinski definition) is 2. The SMILES string of the molecule is COc1cccc(CNC(=O)C2CCCN(S(=O)(=O)c3ccc(-c4ccn[nH]4)o3)C2)c1. The molecule has 0 radical (unpaired) electrons. The van der Waals surface area contributed by atoms with E-state index in [9.17, 15) is 13.2 Å². The summed E-state index contributed by atoms with van der Waals surface area (Å²) in [6, 6.07) is 12.2. The Morgan fingerprint density at radius 2 is 2.19 bits per heavy atom. The minimum absolute atomic E-state index is 0.117. The van der Waals surface area contributed by atoms with Crippen molar-refractivity contribution in [3.63, 3.8) is 0 Å². The van der Waals surface area contributed by atoms with Gasteiger partial charge in [0.1, 0.15) is 11.4 Å². The second-order valence-corrected chi connectivity index (χ2v) is 9.23. The number of sulfonamides is 1. The van der Waals surface area contributed by atoms with E-state index in [1.807, 2.05) is 24.3 Å². The number of furan rings is 1. The number of hydrogen-bond acceptors (Lipinski definition) is 6. The molecule has 31 heavy (non-hydrogen) atoms. The maximum Gasteiger partial charge on any atom is 0.276 e. The van der Waals surface area contributed by atoms with Crippen molar-refractivity contribution < 1.29 is 22.4 Å². The van der Waals surface area contributed by atoms with Gasteiger partial charge in [0.2, 0.25) is 11.0 Å². The molecule has 1 saturated heterocycles. The van der Waals surface area contributed by atoms with Crippen LogP contribution in [-0.2, 0) is 21.4 Å². The first-order chi connectivity index (χ1) is 15.0. The fourth-order valence-corrected chi connectivity index (χ4v) is 5.05. The predicted molar refractivity (Wildman–Crippen MR) is 113 cm³/mol. The van der Waals surface area contributed by atoms with Crippen molar-refractivity contribution >= 4 is 15.9 Å². The predicted octanol–water partition coefficient (Wildman–Crippen LogP) is 2.40. The molecule has 1 fully saturated rings. The number of piperidine rings is 1. The van der Waals surface area contributed by atoms with Crippen LogP contribution in [0.1, 0.15) is 18.4 Å². The molecule has 1 atom stereocenters. The Labute approximate surface area is 180 Å². The molecule has 9 nitrogen and oxygen atoms in total. The van der Waals surface area contributed by atoms with Crippen LogP contribution in [0.3, 0.4) is 0 Å². The highest BCUT2D eigenvalue weighted by molar-refractivity contribution is 7.89. The maximum absolute atomic E-state index is 13.0. The number of aromatic nitrogens is 2. The molecule has 0 bridgehead atoms. The Morgan fingerprint density at radius 3 is 2.97 bits per heavy atom. The first kappa shape index (κ1) is 21.1. The first-order valence-electron chi connectivity index (χ1n) is 9.98. The zero-order valence-electron chi connectivity index (χ0n) is 17.1. The van der Waals surface area contributed by atoms with Gasteiger partial charge >= 0.3 is 0 Å². The van der Waals surface area contributed by atoms with E-state index >= 15 is 0 Å². The summed E-state index contributed by atoms with van der Waals surface area (Å²) in [6.07, 6.45) is 2.80. The molecule has 4 rings (SSSR count). The summed E-state index contributed by atoms with van der Waals surface area (Å²) in [4.78, 5) is 12.7. The Balaban J connectivity index is 1.41. The summed E-state index contributed by atoms with van der Waals surface area (Å²) < 4.78 is 38.2. The number of carbonyl (C=O) groups excluding carboxylic acids is 1. The Bertz CT molecular complexity index is 1140. The molecule has 1 aromatic carbocycles. The summed E-state index contributed by atoms with van der Waals surface area (Å²) in [5.41, 5.74) is 1.50. The lowest BCUT2D eigenvalue weighted by Crippen LogP contribution is -2.45. The average molecular weight is 445 g/mol. The van der Waals surface area contributed by atoms with Crippen LogP contribution in [0.2, 0.25) is 0 Å². The van der Waals surface area contributed by atoms with Gasteiger partial charge in [-0.25, -0.2) is 8.42 Å². The zero-order valence-corrected chi connectivity index (χ0v) is 17.9. The van der Waals surface area contributed by atoms with Gasteiger partial charge in [-0.2, -0.15) is 9.40 Å². The summed E-state index contributed by atoms with van der Waals surface area (Å²) in [7, 11) is -2.25. The number of carbonyl (C=O) groups is 1. The van der Waals surface area contributed by atoms with Crippen LogP contribution in [0.15, 0.2) is 58.2 Å². The van der Waals surface area contributed by atoms with E-state index in [4.69, 9.17) is 9.15 Å². The number of benzene rings is 1. The Kier molecular flexibility index (Phi) is 6.10. The van der Waals surface area contributed by atoms with Gasteiger partial charge in [0.25, 0.3) is 10.0 Å².